The molecule has 5 nitrogen and oxygen atoms in total. The molecule has 0 aliphatic carbocycles. The van der Waals surface area contributed by atoms with E-state index in [0.29, 0.717) is 10.6 Å². The van der Waals surface area contributed by atoms with Crippen LogP contribution in [0.2, 0.25) is 0 Å². The maximum Gasteiger partial charge on any atom is 0.405 e. The number of halogens is 3. The largest absolute Gasteiger partial charge is 0.405 e. The van der Waals surface area contributed by atoms with Gasteiger partial charge in [0.1, 0.15) is 22.4 Å². The van der Waals surface area contributed by atoms with Crippen molar-refractivity contribution < 1.29 is 18.3 Å². The summed E-state index contributed by atoms with van der Waals surface area (Å²) in [7, 11) is 0. The molecule has 2 aromatic heterocycles. The van der Waals surface area contributed by atoms with Crippen LogP contribution in [0.15, 0.2) is 5.38 Å². The molecule has 0 fully saturated rings. The van der Waals surface area contributed by atoms with Gasteiger partial charge >= 0.3 is 6.18 Å². The first-order chi connectivity index (χ1) is 9.81. The van der Waals surface area contributed by atoms with Gasteiger partial charge in [0.2, 0.25) is 0 Å². The Bertz CT molecular complexity index is 611. The molecule has 116 valence electrons. The second-order valence-electron chi connectivity index (χ2n) is 4.30. The molecule has 3 N–H and O–H groups in total. The Morgan fingerprint density at radius 3 is 2.67 bits per heavy atom. The van der Waals surface area contributed by atoms with E-state index in [1.165, 1.54) is 11.3 Å². The lowest BCUT2D eigenvalue weighted by atomic mass is 10.3. The molecule has 2 heterocycles. The maximum atomic E-state index is 12.7. The Labute approximate surface area is 127 Å². The molecule has 0 spiro atoms. The van der Waals surface area contributed by atoms with Gasteiger partial charge in [-0.05, 0) is 18.5 Å². The monoisotopic (exact) mass is 338 g/mol. The number of nitrogen functional groups attached to an aromatic ring is 1. The molecule has 0 saturated heterocycles. The number of nitrogens with zero attached hydrogens (tertiary/aromatic N) is 3. The van der Waals surface area contributed by atoms with E-state index in [1.807, 2.05) is 0 Å². The molecule has 21 heavy (non-hydrogen) atoms. The molecule has 2 aromatic rings. The summed E-state index contributed by atoms with van der Waals surface area (Å²) in [6.07, 6.45) is -4.38. The van der Waals surface area contributed by atoms with Crippen LogP contribution in [0.25, 0.3) is 10.6 Å². The van der Waals surface area contributed by atoms with Gasteiger partial charge in [0.15, 0.2) is 0 Å². The molecule has 0 atom stereocenters. The molecule has 0 aliphatic rings. The number of aromatic nitrogens is 2. The molecule has 0 aliphatic heterocycles. The number of aliphatic hydroxyl groups excluding tert-OH is 1. The minimum absolute atomic E-state index is 0.148. The van der Waals surface area contributed by atoms with Crippen LogP contribution in [0.3, 0.4) is 0 Å². The fourth-order valence-corrected chi connectivity index (χ4v) is 3.52. The van der Waals surface area contributed by atoms with Crippen LogP contribution in [0.4, 0.5) is 24.0 Å². The molecule has 10 heteroatoms. The second-order valence-corrected chi connectivity index (χ2v) is 5.91. The first-order valence-electron chi connectivity index (χ1n) is 5.92. The normalized spacial score (nSPS) is 11.9. The van der Waals surface area contributed by atoms with Crippen LogP contribution in [0, 0.1) is 6.92 Å². The van der Waals surface area contributed by atoms with Crippen molar-refractivity contribution in [2.45, 2.75) is 13.1 Å². The number of nitrogens with two attached hydrogens (primary N) is 1. The Morgan fingerprint density at radius 1 is 1.43 bits per heavy atom. The van der Waals surface area contributed by atoms with Crippen molar-refractivity contribution in [2.75, 3.05) is 30.3 Å². The van der Waals surface area contributed by atoms with Gasteiger partial charge in [0.05, 0.1) is 12.2 Å². The zero-order valence-electron chi connectivity index (χ0n) is 11.0. The van der Waals surface area contributed by atoms with Gasteiger partial charge in [-0.1, -0.05) is 0 Å². The SMILES string of the molecule is Cc1csc(-c2c(N)nsc2N(CCO)CC(F)(F)F)n1. The number of alkyl halides is 3. The number of hydrogen-bond donors (Lipinski definition) is 2. The molecule has 0 amide bonds. The maximum absolute atomic E-state index is 12.7. The van der Waals surface area contributed by atoms with Gasteiger partial charge < -0.3 is 15.7 Å². The van der Waals surface area contributed by atoms with E-state index in [2.05, 4.69) is 9.36 Å². The summed E-state index contributed by atoms with van der Waals surface area (Å²) < 4.78 is 42.0. The van der Waals surface area contributed by atoms with Crippen LogP contribution in [0.1, 0.15) is 5.69 Å². The summed E-state index contributed by atoms with van der Waals surface area (Å²) in [5, 5.41) is 11.6. The van der Waals surface area contributed by atoms with Crippen LogP contribution < -0.4 is 10.6 Å². The lowest BCUT2D eigenvalue weighted by molar-refractivity contribution is -0.119. The molecule has 0 bridgehead atoms. The molecule has 0 saturated carbocycles. The highest BCUT2D eigenvalue weighted by atomic mass is 32.1. The van der Waals surface area contributed by atoms with Crippen LogP contribution >= 0.6 is 22.9 Å². The van der Waals surface area contributed by atoms with Crippen molar-refractivity contribution in [2.24, 2.45) is 0 Å². The van der Waals surface area contributed by atoms with Crippen molar-refractivity contribution in [3.8, 4) is 10.6 Å². The number of thiazole rings is 1. The fourth-order valence-electron chi connectivity index (χ4n) is 1.77. The summed E-state index contributed by atoms with van der Waals surface area (Å²) in [6, 6.07) is 0. The number of rotatable bonds is 5. The highest BCUT2D eigenvalue weighted by molar-refractivity contribution is 7.15. The molecular formula is C11H13F3N4OS2. The average molecular weight is 338 g/mol. The Balaban J connectivity index is 2.42. The standard InChI is InChI=1S/C11H13F3N4OS2/c1-6-4-20-9(16-6)7-8(15)17-21-10(7)18(2-3-19)5-11(12,13)14/h4,19H,2-3,5H2,1H3,(H2,15,17). The molecule has 0 radical (unpaired) electrons. The second kappa shape index (κ2) is 6.16. The summed E-state index contributed by atoms with van der Waals surface area (Å²) in [6.45, 7) is 0.0616. The Hall–Kier alpha value is -1.39. The van der Waals surface area contributed by atoms with Crippen LogP contribution in [0.5, 0.6) is 0 Å². The average Bonchev–Trinajstić information content (AvgIpc) is 2.93. The predicted molar refractivity (Wildman–Crippen MR) is 77.7 cm³/mol. The van der Waals surface area contributed by atoms with Gasteiger partial charge in [0, 0.05) is 17.6 Å². The summed E-state index contributed by atoms with van der Waals surface area (Å²) >= 11 is 2.17. The van der Waals surface area contributed by atoms with Gasteiger partial charge in [-0.15, -0.1) is 11.3 Å². The third kappa shape index (κ3) is 3.83. The zero-order chi connectivity index (χ0) is 15.6. The number of aliphatic hydroxyl groups is 1. The van der Waals surface area contributed by atoms with E-state index in [0.717, 1.165) is 22.1 Å². The minimum atomic E-state index is -4.38. The Morgan fingerprint density at radius 2 is 2.14 bits per heavy atom. The van der Waals surface area contributed by atoms with E-state index in [4.69, 9.17) is 10.8 Å². The van der Waals surface area contributed by atoms with Crippen molar-refractivity contribution in [1.29, 1.82) is 0 Å². The smallest absolute Gasteiger partial charge is 0.395 e. The number of hydrogen-bond acceptors (Lipinski definition) is 7. The van der Waals surface area contributed by atoms with Crippen molar-refractivity contribution >= 4 is 33.7 Å². The molecule has 0 aromatic carbocycles. The van der Waals surface area contributed by atoms with E-state index >= 15 is 0 Å². The molecule has 2 rings (SSSR count). The fraction of sp³-hybridized carbons (Fsp3) is 0.455. The van der Waals surface area contributed by atoms with Crippen LogP contribution in [-0.4, -0.2) is 40.3 Å². The van der Waals surface area contributed by atoms with Gasteiger partial charge in [-0.2, -0.15) is 17.5 Å². The van der Waals surface area contributed by atoms with E-state index < -0.39 is 19.3 Å². The van der Waals surface area contributed by atoms with Gasteiger partial charge in [-0.3, -0.25) is 0 Å². The molecule has 0 unspecified atom stereocenters. The third-order valence-electron chi connectivity index (χ3n) is 2.56. The minimum Gasteiger partial charge on any atom is -0.395 e. The van der Waals surface area contributed by atoms with Gasteiger partial charge in [-0.25, -0.2) is 4.98 Å². The predicted octanol–water partition coefficient (Wildman–Crippen LogP) is 2.52. The highest BCUT2D eigenvalue weighted by Crippen LogP contribution is 2.41. The summed E-state index contributed by atoms with van der Waals surface area (Å²) in [5.41, 5.74) is 6.94. The lowest BCUT2D eigenvalue weighted by Crippen LogP contribution is -2.36. The number of anilines is 2. The molecular weight excluding hydrogens is 325 g/mol. The van der Waals surface area contributed by atoms with E-state index in [9.17, 15) is 13.2 Å². The highest BCUT2D eigenvalue weighted by Gasteiger charge is 2.33. The van der Waals surface area contributed by atoms with Crippen LogP contribution in [-0.2, 0) is 0 Å². The summed E-state index contributed by atoms with van der Waals surface area (Å²) in [5.74, 6) is 0.148. The lowest BCUT2D eigenvalue weighted by Gasteiger charge is -2.24. The Kier molecular flexibility index (Phi) is 4.69. The topological polar surface area (TPSA) is 75.3 Å². The van der Waals surface area contributed by atoms with Gasteiger partial charge in [0.25, 0.3) is 0 Å². The third-order valence-corrected chi connectivity index (χ3v) is 4.46. The van der Waals surface area contributed by atoms with Crippen molar-refractivity contribution in [3.63, 3.8) is 0 Å². The number of aryl methyl sites for hydroxylation is 1. The van der Waals surface area contributed by atoms with E-state index in [1.54, 1.807) is 12.3 Å². The zero-order valence-corrected chi connectivity index (χ0v) is 12.6. The quantitative estimate of drug-likeness (QED) is 0.876. The first kappa shape index (κ1) is 16.0. The van der Waals surface area contributed by atoms with Crippen molar-refractivity contribution in [1.82, 2.24) is 9.36 Å². The van der Waals surface area contributed by atoms with Crippen molar-refractivity contribution in [3.05, 3.63) is 11.1 Å². The first-order valence-corrected chi connectivity index (χ1v) is 7.57. The summed E-state index contributed by atoms with van der Waals surface area (Å²) in [4.78, 5) is 5.28. The van der Waals surface area contributed by atoms with E-state index in [-0.39, 0.29) is 17.4 Å².